The van der Waals surface area contributed by atoms with Crippen molar-refractivity contribution in [1.82, 2.24) is 4.90 Å². The van der Waals surface area contributed by atoms with Crippen molar-refractivity contribution in [3.05, 3.63) is 36.5 Å². The summed E-state index contributed by atoms with van der Waals surface area (Å²) >= 11 is 0. The molecular formula is C54H97NO6. The molecule has 1 aliphatic carbocycles. The number of allylic oxidation sites excluding steroid dienone is 6. The molecular weight excluding hydrogens is 759 g/mol. The van der Waals surface area contributed by atoms with Crippen molar-refractivity contribution < 1.29 is 28.6 Å². The van der Waals surface area contributed by atoms with Crippen LogP contribution in [0.5, 0.6) is 0 Å². The van der Waals surface area contributed by atoms with Crippen LogP contribution in [0, 0.1) is 17.8 Å². The maximum atomic E-state index is 13.8. The molecule has 61 heavy (non-hydrogen) atoms. The number of hydrogen-bond donors (Lipinski definition) is 0. The fourth-order valence-corrected chi connectivity index (χ4v) is 8.65. The number of rotatable bonds is 41. The van der Waals surface area contributed by atoms with Crippen LogP contribution < -0.4 is 0 Å². The Kier molecular flexibility index (Phi) is 37.5. The molecule has 7 heteroatoms. The summed E-state index contributed by atoms with van der Waals surface area (Å²) in [6.07, 6.45) is 46.7. The Bertz CT molecular complexity index is 1150. The molecule has 0 N–H and O–H groups in total. The summed E-state index contributed by atoms with van der Waals surface area (Å²) in [5.74, 6) is -0.233. The highest BCUT2D eigenvalue weighted by atomic mass is 16.6. The van der Waals surface area contributed by atoms with E-state index in [-0.39, 0.29) is 54.5 Å². The second-order valence-corrected chi connectivity index (χ2v) is 18.4. The molecule has 1 rings (SSSR count). The first-order valence-corrected chi connectivity index (χ1v) is 25.9. The van der Waals surface area contributed by atoms with Crippen molar-refractivity contribution in [2.45, 2.75) is 245 Å². The summed E-state index contributed by atoms with van der Waals surface area (Å²) in [6, 6.07) is 0. The first-order chi connectivity index (χ1) is 29.7. The Hall–Kier alpha value is -2.41. The van der Waals surface area contributed by atoms with E-state index in [2.05, 4.69) is 64.2 Å². The van der Waals surface area contributed by atoms with E-state index in [0.29, 0.717) is 25.8 Å². The minimum atomic E-state index is -0.238. The van der Waals surface area contributed by atoms with Crippen molar-refractivity contribution in [2.75, 3.05) is 27.2 Å². The Balaban J connectivity index is 2.77. The molecule has 0 heterocycles. The molecule has 0 amide bonds. The van der Waals surface area contributed by atoms with Crippen LogP contribution in [0.15, 0.2) is 36.5 Å². The number of unbranched alkanes of at least 4 members (excludes halogenated alkanes) is 17. The molecule has 354 valence electrons. The molecule has 7 nitrogen and oxygen atoms in total. The number of esters is 3. The van der Waals surface area contributed by atoms with E-state index in [1.807, 2.05) is 19.0 Å². The van der Waals surface area contributed by atoms with E-state index >= 15 is 0 Å². The summed E-state index contributed by atoms with van der Waals surface area (Å²) in [7, 11) is 3.91. The quantitative estimate of drug-likeness (QED) is 0.0262. The fraction of sp³-hybridized carbons (Fsp3) is 0.833. The van der Waals surface area contributed by atoms with Gasteiger partial charge >= 0.3 is 17.9 Å². The van der Waals surface area contributed by atoms with E-state index in [1.165, 1.54) is 103 Å². The SMILES string of the molecule is CC/C=C\CC1C(CC(=O)OCCC(CCCCCCCC/C=C\C/C=C\CCCCC)OC(=O)C(CCCCCC)CCCCCCCC)CCC1OC(=O)CCN(C)C. The first-order valence-electron chi connectivity index (χ1n) is 25.9. The monoisotopic (exact) mass is 856 g/mol. The lowest BCUT2D eigenvalue weighted by Gasteiger charge is -2.24. The van der Waals surface area contributed by atoms with Crippen LogP contribution >= 0.6 is 0 Å². The van der Waals surface area contributed by atoms with Gasteiger partial charge in [0, 0.05) is 25.3 Å². The van der Waals surface area contributed by atoms with Crippen molar-refractivity contribution in [3.8, 4) is 0 Å². The smallest absolute Gasteiger partial charge is 0.309 e. The first kappa shape index (κ1) is 56.6. The van der Waals surface area contributed by atoms with Gasteiger partial charge < -0.3 is 19.1 Å². The molecule has 0 saturated heterocycles. The standard InChI is InChI=1S/C54H97NO6/c1-7-11-15-18-20-21-22-23-24-25-26-27-28-29-31-35-38-49(60-54(58)47(36-33-17-13-9-3)37-34-30-19-16-12-8-2)43-45-59-53(57)46-48-40-41-51(50(48)39-32-14-10-4)61-52(56)42-44-55(5)6/h14,20-21,23-24,32,47-51H,7-13,15-19,22,25-31,33-46H2,1-6H3/b21-20-,24-23-,32-14-. The highest BCUT2D eigenvalue weighted by Gasteiger charge is 2.39. The number of ether oxygens (including phenoxy) is 3. The topological polar surface area (TPSA) is 82.1 Å². The van der Waals surface area contributed by atoms with E-state index in [9.17, 15) is 14.4 Å². The van der Waals surface area contributed by atoms with Gasteiger partial charge in [-0.3, -0.25) is 14.4 Å². The fourth-order valence-electron chi connectivity index (χ4n) is 8.65. The Morgan fingerprint density at radius 3 is 1.79 bits per heavy atom. The minimum absolute atomic E-state index is 0.0403. The molecule has 1 saturated carbocycles. The zero-order valence-corrected chi connectivity index (χ0v) is 40.8. The molecule has 0 aromatic carbocycles. The van der Waals surface area contributed by atoms with Crippen LogP contribution in [-0.2, 0) is 28.6 Å². The third-order valence-electron chi connectivity index (χ3n) is 12.5. The number of carbonyl (C=O) groups excluding carboxylic acids is 3. The Labute approximate surface area is 377 Å². The van der Waals surface area contributed by atoms with E-state index in [1.54, 1.807) is 0 Å². The van der Waals surface area contributed by atoms with Gasteiger partial charge in [-0.15, -0.1) is 0 Å². The van der Waals surface area contributed by atoms with Gasteiger partial charge in [-0.2, -0.15) is 0 Å². The highest BCUT2D eigenvalue weighted by molar-refractivity contribution is 5.72. The van der Waals surface area contributed by atoms with Crippen molar-refractivity contribution >= 4 is 17.9 Å². The van der Waals surface area contributed by atoms with Gasteiger partial charge in [-0.1, -0.05) is 167 Å². The average molecular weight is 856 g/mol. The van der Waals surface area contributed by atoms with E-state index in [4.69, 9.17) is 14.2 Å². The summed E-state index contributed by atoms with van der Waals surface area (Å²) in [5.41, 5.74) is 0. The zero-order chi connectivity index (χ0) is 44.6. The molecule has 0 spiro atoms. The normalized spacial score (nSPS) is 17.9. The third-order valence-corrected chi connectivity index (χ3v) is 12.5. The summed E-state index contributed by atoms with van der Waals surface area (Å²) in [5, 5.41) is 0. The van der Waals surface area contributed by atoms with Gasteiger partial charge in [-0.05, 0) is 103 Å². The largest absolute Gasteiger partial charge is 0.466 e. The lowest BCUT2D eigenvalue weighted by atomic mass is 9.88. The van der Waals surface area contributed by atoms with Crippen LogP contribution in [-0.4, -0.2) is 62.3 Å². The second-order valence-electron chi connectivity index (χ2n) is 18.4. The van der Waals surface area contributed by atoms with Crippen molar-refractivity contribution in [1.29, 1.82) is 0 Å². The molecule has 1 aliphatic rings. The predicted octanol–water partition coefficient (Wildman–Crippen LogP) is 15.0. The lowest BCUT2D eigenvalue weighted by molar-refractivity contribution is -0.157. The van der Waals surface area contributed by atoms with E-state index < -0.39 is 0 Å². The maximum absolute atomic E-state index is 13.8. The number of carbonyl (C=O) groups is 3. The lowest BCUT2D eigenvalue weighted by Crippen LogP contribution is -2.28. The minimum Gasteiger partial charge on any atom is -0.466 e. The third kappa shape index (κ3) is 32.0. The molecule has 1 fully saturated rings. The van der Waals surface area contributed by atoms with Crippen LogP contribution in [0.3, 0.4) is 0 Å². The predicted molar refractivity (Wildman–Crippen MR) is 258 cm³/mol. The number of nitrogens with zero attached hydrogens (tertiary/aromatic N) is 1. The zero-order valence-electron chi connectivity index (χ0n) is 40.8. The number of hydrogen-bond acceptors (Lipinski definition) is 7. The highest BCUT2D eigenvalue weighted by Crippen LogP contribution is 2.39. The second kappa shape index (κ2) is 40.4. The van der Waals surface area contributed by atoms with Crippen LogP contribution in [0.2, 0.25) is 0 Å². The summed E-state index contributed by atoms with van der Waals surface area (Å²) < 4.78 is 18.2. The molecule has 0 aromatic heterocycles. The van der Waals surface area contributed by atoms with Crippen molar-refractivity contribution in [2.24, 2.45) is 17.8 Å². The molecule has 0 aliphatic heterocycles. The Morgan fingerprint density at radius 1 is 0.607 bits per heavy atom. The van der Waals surface area contributed by atoms with Crippen LogP contribution in [0.1, 0.15) is 233 Å². The molecule has 0 radical (unpaired) electrons. The van der Waals surface area contributed by atoms with Crippen LogP contribution in [0.25, 0.3) is 0 Å². The summed E-state index contributed by atoms with van der Waals surface area (Å²) in [6.45, 7) is 9.76. The Morgan fingerprint density at radius 2 is 1.16 bits per heavy atom. The van der Waals surface area contributed by atoms with Gasteiger partial charge in [0.25, 0.3) is 0 Å². The average Bonchev–Trinajstić information content (AvgIpc) is 3.60. The van der Waals surface area contributed by atoms with Crippen molar-refractivity contribution in [3.63, 3.8) is 0 Å². The molecule has 0 aromatic rings. The van der Waals surface area contributed by atoms with Gasteiger partial charge in [0.15, 0.2) is 0 Å². The molecule has 0 bridgehead atoms. The van der Waals surface area contributed by atoms with Crippen LogP contribution in [0.4, 0.5) is 0 Å². The maximum Gasteiger partial charge on any atom is 0.309 e. The van der Waals surface area contributed by atoms with Gasteiger partial charge in [-0.25, -0.2) is 0 Å². The molecule has 5 atom stereocenters. The van der Waals surface area contributed by atoms with E-state index in [0.717, 1.165) is 83.5 Å². The van der Waals surface area contributed by atoms with Gasteiger partial charge in [0.1, 0.15) is 12.2 Å². The summed E-state index contributed by atoms with van der Waals surface area (Å²) in [4.78, 5) is 41.8. The molecule has 5 unspecified atom stereocenters. The van der Waals surface area contributed by atoms with Gasteiger partial charge in [0.2, 0.25) is 0 Å². The van der Waals surface area contributed by atoms with Gasteiger partial charge in [0.05, 0.1) is 18.9 Å².